The van der Waals surface area contributed by atoms with Crippen molar-refractivity contribution in [3.63, 3.8) is 0 Å². The van der Waals surface area contributed by atoms with Crippen LogP contribution in [0.3, 0.4) is 0 Å². The third-order valence-electron chi connectivity index (χ3n) is 4.35. The van der Waals surface area contributed by atoms with Gasteiger partial charge in [0, 0.05) is 31.1 Å². The van der Waals surface area contributed by atoms with Crippen LogP contribution in [0.5, 0.6) is 5.75 Å². The van der Waals surface area contributed by atoms with Crippen LogP contribution in [0.25, 0.3) is 0 Å². The zero-order valence-corrected chi connectivity index (χ0v) is 15.6. The fraction of sp³-hybridized carbons (Fsp3) is 0.600. The minimum absolute atomic E-state index is 0. The summed E-state index contributed by atoms with van der Waals surface area (Å²) in [6.07, 6.45) is 2.59. The van der Waals surface area contributed by atoms with Gasteiger partial charge in [-0.1, -0.05) is 11.6 Å². The van der Waals surface area contributed by atoms with E-state index in [0.29, 0.717) is 30.3 Å². The van der Waals surface area contributed by atoms with Crippen LogP contribution in [0.15, 0.2) is 17.0 Å². The van der Waals surface area contributed by atoms with E-state index >= 15 is 0 Å². The molecule has 1 aromatic carbocycles. The Balaban J connectivity index is 0.00000192. The van der Waals surface area contributed by atoms with Gasteiger partial charge in [0.2, 0.25) is 10.0 Å². The molecule has 1 saturated heterocycles. The van der Waals surface area contributed by atoms with E-state index in [-0.39, 0.29) is 29.4 Å². The second-order valence-electron chi connectivity index (χ2n) is 6.02. The zero-order chi connectivity index (χ0) is 15.9. The summed E-state index contributed by atoms with van der Waals surface area (Å²) in [6, 6.07) is 3.43. The van der Waals surface area contributed by atoms with Crippen LogP contribution in [-0.2, 0) is 16.4 Å². The number of halogens is 2. The first kappa shape index (κ1) is 18.8. The summed E-state index contributed by atoms with van der Waals surface area (Å²) in [4.78, 5) is 0.269. The van der Waals surface area contributed by atoms with E-state index < -0.39 is 10.0 Å². The molecule has 0 aromatic heterocycles. The number of hydrogen-bond donors (Lipinski definition) is 1. The average Bonchev–Trinajstić information content (AvgIpc) is 2.88. The van der Waals surface area contributed by atoms with Gasteiger partial charge in [0.15, 0.2) is 0 Å². The van der Waals surface area contributed by atoms with Crippen LogP contribution >= 0.6 is 24.0 Å². The lowest BCUT2D eigenvalue weighted by Crippen LogP contribution is -2.46. The lowest BCUT2D eigenvalue weighted by Gasteiger charge is -2.31. The molecule has 1 aromatic rings. The molecule has 0 saturated carbocycles. The normalized spacial score (nSPS) is 24.7. The SMILES string of the molecule is CNC1CCCN(S(=O)(=O)c2cc(Cl)c3c(c2)CC(C)O3)C1.Cl. The second-order valence-corrected chi connectivity index (χ2v) is 8.36. The Kier molecular flexibility index (Phi) is 5.85. The Morgan fingerprint density at radius 1 is 1.39 bits per heavy atom. The Labute approximate surface area is 148 Å². The molecule has 3 rings (SSSR count). The molecule has 0 spiro atoms. The first-order valence-corrected chi connectivity index (χ1v) is 9.40. The van der Waals surface area contributed by atoms with Crippen LogP contribution < -0.4 is 10.1 Å². The Morgan fingerprint density at radius 3 is 2.83 bits per heavy atom. The van der Waals surface area contributed by atoms with E-state index in [1.807, 2.05) is 14.0 Å². The molecule has 23 heavy (non-hydrogen) atoms. The Bertz CT molecular complexity index is 682. The number of benzene rings is 1. The van der Waals surface area contributed by atoms with Gasteiger partial charge in [0.05, 0.1) is 9.92 Å². The van der Waals surface area contributed by atoms with Crippen molar-refractivity contribution in [3.05, 3.63) is 22.7 Å². The Hall–Kier alpha value is -0.530. The number of rotatable bonds is 3. The van der Waals surface area contributed by atoms with Crippen LogP contribution in [0.1, 0.15) is 25.3 Å². The summed E-state index contributed by atoms with van der Waals surface area (Å²) in [7, 11) is -1.65. The predicted octanol–water partition coefficient (Wildman–Crippen LogP) is 2.46. The minimum atomic E-state index is -3.51. The molecule has 2 heterocycles. The van der Waals surface area contributed by atoms with Crippen LogP contribution in [0.4, 0.5) is 0 Å². The molecule has 0 amide bonds. The van der Waals surface area contributed by atoms with Gasteiger partial charge >= 0.3 is 0 Å². The highest BCUT2D eigenvalue weighted by Crippen LogP contribution is 2.38. The smallest absolute Gasteiger partial charge is 0.243 e. The molecule has 0 radical (unpaired) electrons. The first-order valence-electron chi connectivity index (χ1n) is 7.58. The van der Waals surface area contributed by atoms with E-state index in [9.17, 15) is 8.42 Å². The van der Waals surface area contributed by atoms with E-state index in [2.05, 4.69) is 5.32 Å². The summed E-state index contributed by atoms with van der Waals surface area (Å²) in [5, 5.41) is 3.54. The van der Waals surface area contributed by atoms with Gasteiger partial charge in [0.25, 0.3) is 0 Å². The van der Waals surface area contributed by atoms with Crippen molar-refractivity contribution in [1.82, 2.24) is 9.62 Å². The van der Waals surface area contributed by atoms with Gasteiger partial charge in [0.1, 0.15) is 11.9 Å². The number of likely N-dealkylation sites (N-methyl/N-ethyl adjacent to an activating group) is 1. The van der Waals surface area contributed by atoms with Gasteiger partial charge in [-0.15, -0.1) is 12.4 Å². The second kappa shape index (κ2) is 7.15. The maximum atomic E-state index is 12.9. The van der Waals surface area contributed by atoms with Gasteiger partial charge < -0.3 is 10.1 Å². The van der Waals surface area contributed by atoms with Gasteiger partial charge in [-0.25, -0.2) is 8.42 Å². The number of ether oxygens (including phenoxy) is 1. The van der Waals surface area contributed by atoms with E-state index in [0.717, 1.165) is 18.4 Å². The fourth-order valence-corrected chi connectivity index (χ4v) is 5.10. The van der Waals surface area contributed by atoms with Crippen molar-refractivity contribution in [2.75, 3.05) is 20.1 Å². The molecule has 2 aliphatic heterocycles. The van der Waals surface area contributed by atoms with Crippen molar-refractivity contribution in [2.45, 2.75) is 43.2 Å². The van der Waals surface area contributed by atoms with Crippen molar-refractivity contribution in [3.8, 4) is 5.75 Å². The van der Waals surface area contributed by atoms with Crippen molar-refractivity contribution >= 4 is 34.0 Å². The summed E-state index contributed by atoms with van der Waals surface area (Å²) in [5.41, 5.74) is 0.876. The highest BCUT2D eigenvalue weighted by atomic mass is 35.5. The summed E-state index contributed by atoms with van der Waals surface area (Å²) >= 11 is 6.22. The van der Waals surface area contributed by atoms with Crippen molar-refractivity contribution in [2.24, 2.45) is 0 Å². The largest absolute Gasteiger partial charge is 0.489 e. The third-order valence-corrected chi connectivity index (χ3v) is 6.47. The Morgan fingerprint density at radius 2 is 2.13 bits per heavy atom. The zero-order valence-electron chi connectivity index (χ0n) is 13.2. The van der Waals surface area contributed by atoms with E-state index in [1.54, 1.807) is 10.4 Å². The van der Waals surface area contributed by atoms with E-state index in [1.165, 1.54) is 6.07 Å². The maximum absolute atomic E-state index is 12.9. The molecule has 2 unspecified atom stereocenters. The number of nitrogens with one attached hydrogen (secondary N) is 1. The van der Waals surface area contributed by atoms with E-state index in [4.69, 9.17) is 16.3 Å². The number of hydrogen-bond acceptors (Lipinski definition) is 4. The molecule has 2 atom stereocenters. The first-order chi connectivity index (χ1) is 10.4. The molecular formula is C15H22Cl2N2O3S. The highest BCUT2D eigenvalue weighted by molar-refractivity contribution is 7.89. The number of fused-ring (bicyclic) bond motifs is 1. The van der Waals surface area contributed by atoms with Gasteiger partial charge in [-0.3, -0.25) is 0 Å². The lowest BCUT2D eigenvalue weighted by molar-refractivity contribution is 0.255. The standard InChI is InChI=1S/C15H21ClN2O3S.ClH/c1-10-6-11-7-13(8-14(16)15(11)21-10)22(19,20)18-5-3-4-12(9-18)17-2;/h7-8,10,12,17H,3-6,9H2,1-2H3;1H. The molecule has 1 fully saturated rings. The quantitative estimate of drug-likeness (QED) is 0.874. The number of piperidine rings is 1. The highest BCUT2D eigenvalue weighted by Gasteiger charge is 2.32. The molecule has 1 N–H and O–H groups in total. The predicted molar refractivity (Wildman–Crippen MR) is 93.3 cm³/mol. The molecule has 2 aliphatic rings. The number of sulfonamides is 1. The fourth-order valence-electron chi connectivity index (χ4n) is 3.15. The van der Waals surface area contributed by atoms with Crippen molar-refractivity contribution < 1.29 is 13.2 Å². The summed E-state index contributed by atoms with van der Waals surface area (Å²) in [5.74, 6) is 0.625. The summed E-state index contributed by atoms with van der Waals surface area (Å²) in [6.45, 7) is 3.01. The molecule has 0 aliphatic carbocycles. The lowest BCUT2D eigenvalue weighted by atomic mass is 10.1. The summed E-state index contributed by atoms with van der Waals surface area (Å²) < 4.78 is 32.9. The molecular weight excluding hydrogens is 359 g/mol. The van der Waals surface area contributed by atoms with Crippen LogP contribution in [0, 0.1) is 0 Å². The third kappa shape index (κ3) is 3.61. The minimum Gasteiger partial charge on any atom is -0.489 e. The van der Waals surface area contributed by atoms with Crippen LogP contribution in [-0.4, -0.2) is 45.0 Å². The number of nitrogens with zero attached hydrogens (tertiary/aromatic N) is 1. The molecule has 5 nitrogen and oxygen atoms in total. The van der Waals surface area contributed by atoms with Crippen LogP contribution in [0.2, 0.25) is 5.02 Å². The maximum Gasteiger partial charge on any atom is 0.243 e. The molecule has 8 heteroatoms. The van der Waals surface area contributed by atoms with Gasteiger partial charge in [-0.2, -0.15) is 4.31 Å². The molecule has 130 valence electrons. The monoisotopic (exact) mass is 380 g/mol. The molecule has 0 bridgehead atoms. The van der Waals surface area contributed by atoms with Crippen molar-refractivity contribution in [1.29, 1.82) is 0 Å². The average molecular weight is 381 g/mol. The van der Waals surface area contributed by atoms with Gasteiger partial charge in [-0.05, 0) is 38.9 Å². The topological polar surface area (TPSA) is 58.6 Å².